The van der Waals surface area contributed by atoms with Gasteiger partial charge < -0.3 is 9.84 Å². The van der Waals surface area contributed by atoms with Crippen molar-refractivity contribution in [3.05, 3.63) is 143 Å². The SMILES string of the molecule is C=C/C(=C\C=C\CCc1cc(/C=C/C2=CC=C(C(C)=O)CC2)ccc1/C=C/C(=C)/C=C\C(=C)C(=O)OC)C(C)O. The number of rotatable bonds is 14. The highest BCUT2D eigenvalue weighted by molar-refractivity contribution is 5.94. The quantitative estimate of drug-likeness (QED) is 0.150. The third kappa shape index (κ3) is 10.8. The summed E-state index contributed by atoms with van der Waals surface area (Å²) >= 11 is 0. The molecule has 2 rings (SSSR count). The Labute approximate surface area is 239 Å². The molecule has 0 saturated heterocycles. The summed E-state index contributed by atoms with van der Waals surface area (Å²) in [5.74, 6) is -0.343. The van der Waals surface area contributed by atoms with Crippen molar-refractivity contribution < 1.29 is 19.4 Å². The number of ether oxygens (including phenoxy) is 1. The number of esters is 1. The summed E-state index contributed by atoms with van der Waals surface area (Å²) in [5.41, 5.74) is 7.16. The molecule has 1 aromatic carbocycles. The zero-order chi connectivity index (χ0) is 29.5. The minimum absolute atomic E-state index is 0.135. The van der Waals surface area contributed by atoms with Gasteiger partial charge in [0, 0.05) is 0 Å². The third-order valence-electron chi connectivity index (χ3n) is 6.44. The van der Waals surface area contributed by atoms with E-state index in [-0.39, 0.29) is 11.4 Å². The van der Waals surface area contributed by atoms with Gasteiger partial charge in [0.2, 0.25) is 0 Å². The van der Waals surface area contributed by atoms with Crippen molar-refractivity contribution in [1.82, 2.24) is 0 Å². The van der Waals surface area contributed by atoms with Crippen LogP contribution in [0.3, 0.4) is 0 Å². The number of methoxy groups -OCH3 is 1. The van der Waals surface area contributed by atoms with Gasteiger partial charge in [-0.1, -0.05) is 105 Å². The molecule has 0 heterocycles. The van der Waals surface area contributed by atoms with E-state index in [4.69, 9.17) is 0 Å². The van der Waals surface area contributed by atoms with Crippen LogP contribution in [0.15, 0.2) is 127 Å². The molecule has 0 aromatic heterocycles. The van der Waals surface area contributed by atoms with Gasteiger partial charge >= 0.3 is 5.97 Å². The number of benzene rings is 1. The van der Waals surface area contributed by atoms with E-state index in [0.717, 1.165) is 53.5 Å². The number of aryl methyl sites for hydroxylation is 1. The van der Waals surface area contributed by atoms with Crippen LogP contribution < -0.4 is 0 Å². The predicted octanol–water partition coefficient (Wildman–Crippen LogP) is 7.77. The number of Topliss-reactive ketones (excluding diaryl/α,β-unsaturated/α-hetero) is 1. The molecule has 0 bridgehead atoms. The van der Waals surface area contributed by atoms with Gasteiger partial charge in [-0.25, -0.2) is 4.79 Å². The lowest BCUT2D eigenvalue weighted by Gasteiger charge is -2.10. The van der Waals surface area contributed by atoms with E-state index in [1.54, 1.807) is 32.1 Å². The van der Waals surface area contributed by atoms with Crippen LogP contribution in [0.5, 0.6) is 0 Å². The number of hydrogen-bond acceptors (Lipinski definition) is 4. The first-order chi connectivity index (χ1) is 19.1. The van der Waals surface area contributed by atoms with Gasteiger partial charge in [-0.2, -0.15) is 0 Å². The molecule has 0 spiro atoms. The van der Waals surface area contributed by atoms with E-state index in [1.165, 1.54) is 18.2 Å². The first-order valence-corrected chi connectivity index (χ1v) is 13.4. The second-order valence-corrected chi connectivity index (χ2v) is 9.55. The fourth-order valence-electron chi connectivity index (χ4n) is 3.95. The van der Waals surface area contributed by atoms with Crippen LogP contribution in [-0.4, -0.2) is 30.1 Å². The minimum Gasteiger partial charge on any atom is -0.465 e. The van der Waals surface area contributed by atoms with Crippen LogP contribution in [0, 0.1) is 0 Å². The van der Waals surface area contributed by atoms with E-state index in [0.29, 0.717) is 0 Å². The van der Waals surface area contributed by atoms with Gasteiger partial charge in [-0.3, -0.25) is 4.79 Å². The molecule has 0 fully saturated rings. The maximum Gasteiger partial charge on any atom is 0.337 e. The zero-order valence-electron chi connectivity index (χ0n) is 23.9. The largest absolute Gasteiger partial charge is 0.465 e. The van der Waals surface area contributed by atoms with Crippen molar-refractivity contribution in [2.24, 2.45) is 0 Å². The van der Waals surface area contributed by atoms with Crippen molar-refractivity contribution in [2.75, 3.05) is 7.11 Å². The van der Waals surface area contributed by atoms with Crippen molar-refractivity contribution in [1.29, 1.82) is 0 Å². The zero-order valence-corrected chi connectivity index (χ0v) is 23.9. The normalized spacial score (nSPS) is 14.9. The van der Waals surface area contributed by atoms with E-state index in [9.17, 15) is 14.7 Å². The number of carbonyl (C=O) groups excluding carboxylic acids is 2. The van der Waals surface area contributed by atoms with Crippen molar-refractivity contribution in [3.8, 4) is 0 Å². The Hall–Kier alpha value is -4.28. The Balaban J connectivity index is 2.24. The molecule has 1 aliphatic carbocycles. The summed E-state index contributed by atoms with van der Waals surface area (Å²) < 4.78 is 4.67. The van der Waals surface area contributed by atoms with E-state index < -0.39 is 12.1 Å². The molecule has 1 unspecified atom stereocenters. The third-order valence-corrected chi connectivity index (χ3v) is 6.44. The van der Waals surface area contributed by atoms with Crippen LogP contribution in [0.2, 0.25) is 0 Å². The molecule has 1 N–H and O–H groups in total. The van der Waals surface area contributed by atoms with E-state index >= 15 is 0 Å². The molecule has 0 radical (unpaired) electrons. The number of aliphatic hydroxyl groups is 1. The fourth-order valence-corrected chi connectivity index (χ4v) is 3.95. The van der Waals surface area contributed by atoms with Crippen LogP contribution in [0.25, 0.3) is 12.2 Å². The highest BCUT2D eigenvalue weighted by atomic mass is 16.5. The van der Waals surface area contributed by atoms with Gasteiger partial charge in [-0.15, -0.1) is 0 Å². The van der Waals surface area contributed by atoms with Crippen molar-refractivity contribution in [3.63, 3.8) is 0 Å². The Morgan fingerprint density at radius 1 is 1.07 bits per heavy atom. The monoisotopic (exact) mass is 536 g/mol. The summed E-state index contributed by atoms with van der Waals surface area (Å²) in [7, 11) is 1.32. The average Bonchev–Trinajstić information content (AvgIpc) is 2.95. The molecule has 1 aliphatic rings. The smallest absolute Gasteiger partial charge is 0.337 e. The maximum atomic E-state index is 11.6. The molecular weight excluding hydrogens is 496 g/mol. The van der Waals surface area contributed by atoms with Crippen LogP contribution in [0.1, 0.15) is 49.8 Å². The first kappa shape index (κ1) is 31.9. The molecule has 0 saturated carbocycles. The summed E-state index contributed by atoms with van der Waals surface area (Å²) in [6.45, 7) is 14.8. The van der Waals surface area contributed by atoms with Gasteiger partial charge in [-0.05, 0) is 84.6 Å². The van der Waals surface area contributed by atoms with Gasteiger partial charge in [0.15, 0.2) is 5.78 Å². The molecule has 40 heavy (non-hydrogen) atoms. The number of allylic oxidation sites excluding steroid dienone is 11. The van der Waals surface area contributed by atoms with Crippen molar-refractivity contribution >= 4 is 23.9 Å². The summed E-state index contributed by atoms with van der Waals surface area (Å²) in [6.07, 6.45) is 25.6. The fraction of sp³-hybridized carbons (Fsp3) is 0.222. The Morgan fingerprint density at radius 2 is 1.85 bits per heavy atom. The Morgan fingerprint density at radius 3 is 2.48 bits per heavy atom. The summed E-state index contributed by atoms with van der Waals surface area (Å²) in [4.78, 5) is 23.1. The number of ketones is 1. The lowest BCUT2D eigenvalue weighted by Crippen LogP contribution is -2.00. The van der Waals surface area contributed by atoms with Gasteiger partial charge in [0.1, 0.15) is 0 Å². The Kier molecular flexibility index (Phi) is 13.3. The number of hydrogen-bond donors (Lipinski definition) is 1. The van der Waals surface area contributed by atoms with Crippen LogP contribution in [0.4, 0.5) is 0 Å². The van der Waals surface area contributed by atoms with E-state index in [2.05, 4.69) is 60.9 Å². The lowest BCUT2D eigenvalue weighted by atomic mass is 9.95. The Bertz CT molecular complexity index is 1340. The molecule has 1 aromatic rings. The van der Waals surface area contributed by atoms with Gasteiger partial charge in [0.05, 0.1) is 18.8 Å². The highest BCUT2D eigenvalue weighted by Crippen LogP contribution is 2.22. The molecule has 1 atom stereocenters. The lowest BCUT2D eigenvalue weighted by molar-refractivity contribution is -0.135. The minimum atomic E-state index is -0.557. The summed E-state index contributed by atoms with van der Waals surface area (Å²) in [5, 5.41) is 9.76. The topological polar surface area (TPSA) is 63.6 Å². The molecule has 208 valence electrons. The highest BCUT2D eigenvalue weighted by Gasteiger charge is 2.08. The van der Waals surface area contributed by atoms with Crippen molar-refractivity contribution in [2.45, 2.75) is 45.6 Å². The molecular formula is C36H40O4. The predicted molar refractivity (Wildman–Crippen MR) is 167 cm³/mol. The van der Waals surface area contributed by atoms with Gasteiger partial charge in [0.25, 0.3) is 0 Å². The average molecular weight is 537 g/mol. The number of aliphatic hydroxyl groups excluding tert-OH is 1. The first-order valence-electron chi connectivity index (χ1n) is 13.4. The standard InChI is InChI=1S/C36H40O4/c1-7-32(28(4)37)11-9-8-10-12-35-25-31(17-16-30-18-22-33(23-19-30)29(5)38)20-24-34(35)21-14-26(2)13-15-27(3)36(39)40-6/h7-9,11,13-18,20-22,24-25,28,37H,1-3,10,12,19,23H2,4-6H3/b9-8+,15-13-,17-16+,21-14+,32-11+. The molecule has 4 nitrogen and oxygen atoms in total. The summed E-state index contributed by atoms with van der Waals surface area (Å²) in [6, 6.07) is 6.35. The second kappa shape index (κ2) is 16.6. The second-order valence-electron chi connectivity index (χ2n) is 9.55. The van der Waals surface area contributed by atoms with Crippen LogP contribution >= 0.6 is 0 Å². The molecule has 0 aliphatic heterocycles. The molecule has 4 heteroatoms. The van der Waals surface area contributed by atoms with Crippen LogP contribution in [-0.2, 0) is 20.7 Å². The number of carbonyl (C=O) groups is 2. The van der Waals surface area contributed by atoms with E-state index in [1.807, 2.05) is 36.5 Å². The maximum absolute atomic E-state index is 11.6. The molecule has 0 amide bonds.